The summed E-state index contributed by atoms with van der Waals surface area (Å²) in [6.45, 7) is 0. The summed E-state index contributed by atoms with van der Waals surface area (Å²) in [4.78, 5) is 20.5. The minimum atomic E-state index is -0.872. The molecule has 27 heavy (non-hydrogen) atoms. The number of carbonyl (C=O) groups excluding carboxylic acids is 1. The summed E-state index contributed by atoms with van der Waals surface area (Å²) in [6, 6.07) is 5.03. The minimum Gasteiger partial charge on any atom is -0.506 e. The van der Waals surface area contributed by atoms with Gasteiger partial charge in [0.1, 0.15) is 23.7 Å². The number of ether oxygens (including phenoxy) is 2. The highest BCUT2D eigenvalue weighted by molar-refractivity contribution is 6.32. The maximum absolute atomic E-state index is 14.0. The Bertz CT molecular complexity index is 1020. The van der Waals surface area contributed by atoms with Crippen LogP contribution in [0.2, 0.25) is 5.02 Å². The number of anilines is 1. The lowest BCUT2D eigenvalue weighted by atomic mass is 10.1. The number of amides is 1. The molecule has 0 bridgehead atoms. The lowest BCUT2D eigenvalue weighted by molar-refractivity contribution is 0.102. The Hall–Kier alpha value is -2.84. The third-order valence-corrected chi connectivity index (χ3v) is 3.96. The van der Waals surface area contributed by atoms with Crippen molar-refractivity contribution in [1.29, 1.82) is 0 Å². The van der Waals surface area contributed by atoms with E-state index in [0.717, 1.165) is 12.1 Å². The first-order chi connectivity index (χ1) is 12.4. The molecule has 0 aliphatic carbocycles. The molecule has 7 nitrogen and oxygen atoms in total. The first kappa shape index (κ1) is 20.5. The highest BCUT2D eigenvalue weighted by atomic mass is 35.5. The van der Waals surface area contributed by atoms with Crippen molar-refractivity contribution in [3.05, 3.63) is 47.0 Å². The van der Waals surface area contributed by atoms with Gasteiger partial charge in [0.05, 0.1) is 30.3 Å². The zero-order chi connectivity index (χ0) is 18.8. The molecule has 0 unspecified atom stereocenters. The van der Waals surface area contributed by atoms with Crippen LogP contribution in [0, 0.1) is 5.82 Å². The highest BCUT2D eigenvalue weighted by Crippen LogP contribution is 2.34. The van der Waals surface area contributed by atoms with Crippen molar-refractivity contribution >= 4 is 46.6 Å². The summed E-state index contributed by atoms with van der Waals surface area (Å²) in [5.41, 5.74) is 0.117. The van der Waals surface area contributed by atoms with E-state index >= 15 is 0 Å². The summed E-state index contributed by atoms with van der Waals surface area (Å²) >= 11 is 5.62. The van der Waals surface area contributed by atoms with E-state index in [1.54, 1.807) is 12.1 Å². The van der Waals surface area contributed by atoms with Gasteiger partial charge in [0.2, 0.25) is 0 Å². The van der Waals surface area contributed by atoms with E-state index in [9.17, 15) is 14.3 Å². The Morgan fingerprint density at radius 1 is 1.15 bits per heavy atom. The number of benzene rings is 2. The number of hydrogen-bond acceptors (Lipinski definition) is 6. The van der Waals surface area contributed by atoms with Crippen LogP contribution in [0.4, 0.5) is 10.2 Å². The van der Waals surface area contributed by atoms with Gasteiger partial charge >= 0.3 is 0 Å². The number of nitrogens with one attached hydrogen (secondary N) is 1. The molecule has 1 aromatic heterocycles. The van der Waals surface area contributed by atoms with E-state index in [4.69, 9.17) is 21.1 Å². The van der Waals surface area contributed by atoms with Crippen LogP contribution in [0.5, 0.6) is 17.2 Å². The van der Waals surface area contributed by atoms with Gasteiger partial charge in [-0.1, -0.05) is 11.6 Å². The smallest absolute Gasteiger partial charge is 0.259 e. The number of fused-ring (bicyclic) bond motifs is 1. The molecule has 10 heteroatoms. The van der Waals surface area contributed by atoms with E-state index < -0.39 is 17.5 Å². The van der Waals surface area contributed by atoms with Crippen LogP contribution in [0.25, 0.3) is 10.9 Å². The summed E-state index contributed by atoms with van der Waals surface area (Å²) < 4.78 is 24.4. The summed E-state index contributed by atoms with van der Waals surface area (Å²) in [5, 5.41) is 12.4. The average molecular weight is 414 g/mol. The van der Waals surface area contributed by atoms with Gasteiger partial charge in [-0.25, -0.2) is 14.4 Å². The monoisotopic (exact) mass is 413 g/mol. The Kier molecular flexibility index (Phi) is 6.24. The number of nitrogens with zero attached hydrogens (tertiary/aromatic N) is 2. The van der Waals surface area contributed by atoms with Gasteiger partial charge in [0.25, 0.3) is 5.91 Å². The Morgan fingerprint density at radius 2 is 1.81 bits per heavy atom. The first-order valence-electron chi connectivity index (χ1n) is 7.30. The number of aromatic hydroxyl groups is 1. The molecule has 2 aromatic carbocycles. The Balaban J connectivity index is 0.00000261. The second kappa shape index (κ2) is 8.24. The third-order valence-electron chi connectivity index (χ3n) is 3.65. The standard InChI is InChI=1S/C17H13ClFN3O4.ClH/c1-25-14-4-9-12(6-15(14)26-2)20-7-21-16(9)22-17(24)8-3-13(23)10(18)5-11(8)19;/h3-7,23H,1-2H3,(H,20,21,22,24);1H. The van der Waals surface area contributed by atoms with Crippen LogP contribution >= 0.6 is 24.0 Å². The van der Waals surface area contributed by atoms with Gasteiger partial charge in [0.15, 0.2) is 11.5 Å². The van der Waals surface area contributed by atoms with Gasteiger partial charge in [-0.3, -0.25) is 4.79 Å². The number of rotatable bonds is 4. The topological polar surface area (TPSA) is 93.6 Å². The molecule has 3 aromatic rings. The molecule has 0 saturated heterocycles. The fourth-order valence-electron chi connectivity index (χ4n) is 2.37. The maximum atomic E-state index is 14.0. The molecular weight excluding hydrogens is 400 g/mol. The molecule has 142 valence electrons. The van der Waals surface area contributed by atoms with Crippen molar-refractivity contribution in [1.82, 2.24) is 9.97 Å². The Morgan fingerprint density at radius 3 is 2.48 bits per heavy atom. The number of phenolic OH excluding ortho intramolecular Hbond substituents is 1. The minimum absolute atomic E-state index is 0. The molecule has 0 radical (unpaired) electrons. The summed E-state index contributed by atoms with van der Waals surface area (Å²) in [7, 11) is 2.96. The van der Waals surface area contributed by atoms with Crippen molar-refractivity contribution in [2.24, 2.45) is 0 Å². The quantitative estimate of drug-likeness (QED) is 0.674. The van der Waals surface area contributed by atoms with Gasteiger partial charge in [-0.05, 0) is 18.2 Å². The number of carbonyl (C=O) groups is 1. The molecule has 0 fully saturated rings. The largest absolute Gasteiger partial charge is 0.506 e. The van der Waals surface area contributed by atoms with Gasteiger partial charge < -0.3 is 19.9 Å². The fraction of sp³-hybridized carbons (Fsp3) is 0.118. The van der Waals surface area contributed by atoms with E-state index in [2.05, 4.69) is 15.3 Å². The number of hydrogen-bond donors (Lipinski definition) is 2. The molecule has 0 atom stereocenters. The van der Waals surface area contributed by atoms with Crippen LogP contribution in [0.1, 0.15) is 10.4 Å². The molecule has 0 spiro atoms. The van der Waals surface area contributed by atoms with Crippen LogP contribution in [0.3, 0.4) is 0 Å². The van der Waals surface area contributed by atoms with Crippen molar-refractivity contribution in [2.45, 2.75) is 0 Å². The third kappa shape index (κ3) is 3.96. The van der Waals surface area contributed by atoms with Crippen molar-refractivity contribution in [2.75, 3.05) is 19.5 Å². The van der Waals surface area contributed by atoms with E-state index in [-0.39, 0.29) is 28.8 Å². The van der Waals surface area contributed by atoms with Crippen molar-refractivity contribution in [3.63, 3.8) is 0 Å². The number of halogens is 3. The average Bonchev–Trinajstić information content (AvgIpc) is 2.63. The van der Waals surface area contributed by atoms with E-state index in [1.807, 2.05) is 0 Å². The normalized spacial score (nSPS) is 10.2. The highest BCUT2D eigenvalue weighted by Gasteiger charge is 2.18. The molecule has 0 aliphatic heterocycles. The van der Waals surface area contributed by atoms with Crippen LogP contribution in [-0.2, 0) is 0 Å². The number of phenols is 1. The fourth-order valence-corrected chi connectivity index (χ4v) is 2.52. The zero-order valence-electron chi connectivity index (χ0n) is 14.1. The predicted molar refractivity (Wildman–Crippen MR) is 101 cm³/mol. The zero-order valence-corrected chi connectivity index (χ0v) is 15.7. The van der Waals surface area contributed by atoms with Crippen LogP contribution in [-0.4, -0.2) is 35.2 Å². The molecule has 1 heterocycles. The van der Waals surface area contributed by atoms with E-state index in [1.165, 1.54) is 20.5 Å². The second-order valence-electron chi connectivity index (χ2n) is 5.18. The molecule has 3 rings (SSSR count). The van der Waals surface area contributed by atoms with E-state index in [0.29, 0.717) is 22.4 Å². The van der Waals surface area contributed by atoms with Crippen LogP contribution in [0.15, 0.2) is 30.6 Å². The van der Waals surface area contributed by atoms with Gasteiger partial charge in [-0.2, -0.15) is 0 Å². The number of aromatic nitrogens is 2. The van der Waals surface area contributed by atoms with Crippen molar-refractivity contribution < 1.29 is 23.8 Å². The number of methoxy groups -OCH3 is 2. The molecular formula is C17H14Cl2FN3O4. The summed E-state index contributed by atoms with van der Waals surface area (Å²) in [5.74, 6) is -1.05. The molecule has 0 aliphatic rings. The lowest BCUT2D eigenvalue weighted by Gasteiger charge is -2.12. The first-order valence-corrected chi connectivity index (χ1v) is 7.68. The Labute approximate surface area is 164 Å². The second-order valence-corrected chi connectivity index (χ2v) is 5.59. The van der Waals surface area contributed by atoms with Crippen LogP contribution < -0.4 is 14.8 Å². The van der Waals surface area contributed by atoms with Gasteiger partial charge in [-0.15, -0.1) is 12.4 Å². The molecule has 0 saturated carbocycles. The SMILES string of the molecule is COc1cc2ncnc(NC(=O)c3cc(O)c(Cl)cc3F)c2cc1OC.Cl. The molecule has 1 amide bonds. The molecule has 2 N–H and O–H groups in total. The van der Waals surface area contributed by atoms with Gasteiger partial charge in [0, 0.05) is 11.5 Å². The lowest BCUT2D eigenvalue weighted by Crippen LogP contribution is -2.15. The van der Waals surface area contributed by atoms with Crippen molar-refractivity contribution in [3.8, 4) is 17.2 Å². The predicted octanol–water partition coefficient (Wildman–Crippen LogP) is 3.82. The maximum Gasteiger partial charge on any atom is 0.259 e. The summed E-state index contributed by atoms with van der Waals surface area (Å²) in [6.07, 6.45) is 1.25.